The van der Waals surface area contributed by atoms with E-state index in [1.54, 1.807) is 4.90 Å². The summed E-state index contributed by atoms with van der Waals surface area (Å²) in [7, 11) is 0. The molecule has 0 unspecified atom stereocenters. The van der Waals surface area contributed by atoms with E-state index in [9.17, 15) is 9.59 Å². The van der Waals surface area contributed by atoms with Crippen molar-refractivity contribution in [2.75, 3.05) is 39.3 Å². The number of carbonyl (C=O) groups excluding carboxylic acids is 2. The van der Waals surface area contributed by atoms with Crippen molar-refractivity contribution >= 4 is 11.8 Å². The fourth-order valence-electron chi connectivity index (χ4n) is 4.87. The second kappa shape index (κ2) is 8.21. The molecule has 28 heavy (non-hydrogen) atoms. The maximum Gasteiger partial charge on any atom is 0.256 e. The Morgan fingerprint density at radius 1 is 1.04 bits per heavy atom. The molecule has 6 heteroatoms. The SMILES string of the molecule is CCN1CCN(C(=O)[C@@H]2COC3(CCCCC3)N2C(=O)c2ccccc2)CC1. The maximum atomic E-state index is 13.5. The van der Waals surface area contributed by atoms with Crippen LogP contribution in [0.3, 0.4) is 0 Å². The lowest BCUT2D eigenvalue weighted by molar-refractivity contribution is -0.139. The fourth-order valence-corrected chi connectivity index (χ4v) is 4.87. The van der Waals surface area contributed by atoms with Crippen molar-refractivity contribution in [3.63, 3.8) is 0 Å². The highest BCUT2D eigenvalue weighted by molar-refractivity contribution is 5.98. The van der Waals surface area contributed by atoms with Crippen molar-refractivity contribution in [2.45, 2.75) is 50.8 Å². The molecule has 3 aliphatic rings. The van der Waals surface area contributed by atoms with E-state index in [1.165, 1.54) is 0 Å². The molecule has 1 atom stereocenters. The topological polar surface area (TPSA) is 53.1 Å². The van der Waals surface area contributed by atoms with Crippen LogP contribution in [0.5, 0.6) is 0 Å². The summed E-state index contributed by atoms with van der Waals surface area (Å²) in [5.41, 5.74) is 0.0167. The summed E-state index contributed by atoms with van der Waals surface area (Å²) < 4.78 is 6.25. The quantitative estimate of drug-likeness (QED) is 0.802. The van der Waals surface area contributed by atoms with Crippen LogP contribution < -0.4 is 0 Å². The molecule has 152 valence electrons. The smallest absolute Gasteiger partial charge is 0.256 e. The van der Waals surface area contributed by atoms with Crippen LogP contribution in [0.2, 0.25) is 0 Å². The van der Waals surface area contributed by atoms with Crippen molar-refractivity contribution < 1.29 is 14.3 Å². The Bertz CT molecular complexity index is 694. The molecule has 6 nitrogen and oxygen atoms in total. The Morgan fingerprint density at radius 3 is 2.36 bits per heavy atom. The van der Waals surface area contributed by atoms with Crippen molar-refractivity contribution in [3.8, 4) is 0 Å². The lowest BCUT2D eigenvalue weighted by atomic mass is 9.89. The third-order valence-electron chi connectivity index (χ3n) is 6.55. The highest BCUT2D eigenvalue weighted by Gasteiger charge is 2.53. The van der Waals surface area contributed by atoms with Crippen LogP contribution in [-0.2, 0) is 9.53 Å². The molecule has 1 saturated carbocycles. The molecule has 1 spiro atoms. The van der Waals surface area contributed by atoms with Crippen LogP contribution in [0.15, 0.2) is 30.3 Å². The van der Waals surface area contributed by atoms with E-state index in [1.807, 2.05) is 35.2 Å². The zero-order chi connectivity index (χ0) is 19.6. The monoisotopic (exact) mass is 385 g/mol. The molecule has 0 radical (unpaired) electrons. The highest BCUT2D eigenvalue weighted by Crippen LogP contribution is 2.41. The molecule has 2 saturated heterocycles. The van der Waals surface area contributed by atoms with Gasteiger partial charge < -0.3 is 14.5 Å². The van der Waals surface area contributed by atoms with Gasteiger partial charge in [0.25, 0.3) is 5.91 Å². The normalized spacial score (nSPS) is 25.2. The summed E-state index contributed by atoms with van der Waals surface area (Å²) in [4.78, 5) is 33.0. The molecular weight excluding hydrogens is 354 g/mol. The molecule has 2 amide bonds. The van der Waals surface area contributed by atoms with Crippen molar-refractivity contribution in [2.24, 2.45) is 0 Å². The van der Waals surface area contributed by atoms with E-state index < -0.39 is 11.8 Å². The summed E-state index contributed by atoms with van der Waals surface area (Å²) in [6.45, 7) is 6.71. The first-order valence-electron chi connectivity index (χ1n) is 10.7. The van der Waals surface area contributed by atoms with E-state index in [0.717, 1.165) is 64.8 Å². The van der Waals surface area contributed by atoms with E-state index in [2.05, 4.69) is 11.8 Å². The minimum atomic E-state index is -0.614. The number of hydrogen-bond acceptors (Lipinski definition) is 4. The van der Waals surface area contributed by atoms with E-state index in [0.29, 0.717) is 12.2 Å². The van der Waals surface area contributed by atoms with Gasteiger partial charge in [0.05, 0.1) is 6.61 Å². The van der Waals surface area contributed by atoms with Crippen LogP contribution in [0, 0.1) is 0 Å². The Hall–Kier alpha value is -1.92. The van der Waals surface area contributed by atoms with Gasteiger partial charge in [-0.05, 0) is 44.4 Å². The minimum Gasteiger partial charge on any atom is -0.353 e. The molecule has 1 aliphatic carbocycles. The van der Waals surface area contributed by atoms with Gasteiger partial charge in [-0.15, -0.1) is 0 Å². The van der Waals surface area contributed by atoms with E-state index in [4.69, 9.17) is 4.74 Å². The number of amides is 2. The highest BCUT2D eigenvalue weighted by atomic mass is 16.5. The number of benzene rings is 1. The fraction of sp³-hybridized carbons (Fsp3) is 0.636. The van der Waals surface area contributed by atoms with E-state index in [-0.39, 0.29) is 11.8 Å². The van der Waals surface area contributed by atoms with Gasteiger partial charge in [0, 0.05) is 31.7 Å². The molecule has 2 heterocycles. The number of piperazine rings is 1. The average molecular weight is 386 g/mol. The summed E-state index contributed by atoms with van der Waals surface area (Å²) in [5.74, 6) is -0.0342. The van der Waals surface area contributed by atoms with E-state index >= 15 is 0 Å². The first-order valence-corrected chi connectivity index (χ1v) is 10.7. The zero-order valence-corrected chi connectivity index (χ0v) is 16.8. The lowest BCUT2D eigenvalue weighted by Crippen LogP contribution is -2.59. The average Bonchev–Trinajstić information content (AvgIpc) is 3.12. The Labute approximate surface area is 167 Å². The molecule has 1 aromatic carbocycles. The molecule has 3 fully saturated rings. The van der Waals surface area contributed by atoms with Crippen LogP contribution in [0.4, 0.5) is 0 Å². The summed E-state index contributed by atoms with van der Waals surface area (Å²) in [5, 5.41) is 0. The molecule has 0 aromatic heterocycles. The molecule has 2 aliphatic heterocycles. The first-order chi connectivity index (χ1) is 13.6. The Morgan fingerprint density at radius 2 is 1.71 bits per heavy atom. The number of nitrogens with zero attached hydrogens (tertiary/aromatic N) is 3. The third-order valence-corrected chi connectivity index (χ3v) is 6.55. The standard InChI is InChI=1S/C22H31N3O3/c1-2-23-13-15-24(16-14-23)21(27)19-17-28-22(11-7-4-8-12-22)25(19)20(26)18-9-5-3-6-10-18/h3,5-6,9-10,19H,2,4,7-8,11-17H2,1H3/t19-/m0/s1. The summed E-state index contributed by atoms with van der Waals surface area (Å²) in [6, 6.07) is 8.80. The largest absolute Gasteiger partial charge is 0.353 e. The number of carbonyl (C=O) groups is 2. The summed E-state index contributed by atoms with van der Waals surface area (Å²) in [6.07, 6.45) is 4.87. The minimum absolute atomic E-state index is 0.0440. The maximum absolute atomic E-state index is 13.5. The first kappa shape index (κ1) is 19.4. The lowest BCUT2D eigenvalue weighted by Gasteiger charge is -2.43. The van der Waals surface area contributed by atoms with Gasteiger partial charge in [-0.1, -0.05) is 31.5 Å². The predicted molar refractivity (Wildman–Crippen MR) is 107 cm³/mol. The second-order valence-corrected chi connectivity index (χ2v) is 8.13. The number of likely N-dealkylation sites (N-methyl/N-ethyl adjacent to an activating group) is 1. The summed E-state index contributed by atoms with van der Waals surface area (Å²) >= 11 is 0. The van der Waals surface area contributed by atoms with Crippen LogP contribution in [-0.4, -0.2) is 77.6 Å². The van der Waals surface area contributed by atoms with Crippen molar-refractivity contribution in [1.29, 1.82) is 0 Å². The van der Waals surface area contributed by atoms with Gasteiger partial charge in [-0.25, -0.2) is 0 Å². The van der Waals surface area contributed by atoms with Gasteiger partial charge in [0.15, 0.2) is 0 Å². The van der Waals surface area contributed by atoms with Crippen LogP contribution in [0.1, 0.15) is 49.4 Å². The molecule has 4 rings (SSSR count). The van der Waals surface area contributed by atoms with Crippen LogP contribution in [0.25, 0.3) is 0 Å². The number of hydrogen-bond donors (Lipinski definition) is 0. The molecule has 0 N–H and O–H groups in total. The van der Waals surface area contributed by atoms with Gasteiger partial charge >= 0.3 is 0 Å². The van der Waals surface area contributed by atoms with Gasteiger partial charge in [0.1, 0.15) is 11.8 Å². The van der Waals surface area contributed by atoms with Gasteiger partial charge in [-0.2, -0.15) is 0 Å². The zero-order valence-electron chi connectivity index (χ0n) is 16.8. The second-order valence-electron chi connectivity index (χ2n) is 8.13. The van der Waals surface area contributed by atoms with Gasteiger partial charge in [0.2, 0.25) is 5.91 Å². The van der Waals surface area contributed by atoms with Crippen molar-refractivity contribution in [1.82, 2.24) is 14.7 Å². The van der Waals surface area contributed by atoms with Crippen LogP contribution >= 0.6 is 0 Å². The number of rotatable bonds is 3. The number of ether oxygens (including phenoxy) is 1. The third kappa shape index (κ3) is 3.55. The Balaban J connectivity index is 1.58. The molecular formula is C22H31N3O3. The molecule has 0 bridgehead atoms. The predicted octanol–water partition coefficient (Wildman–Crippen LogP) is 2.35. The Kier molecular flexibility index (Phi) is 5.69. The van der Waals surface area contributed by atoms with Gasteiger partial charge in [-0.3, -0.25) is 14.5 Å². The van der Waals surface area contributed by atoms with Crippen molar-refractivity contribution in [3.05, 3.63) is 35.9 Å². The molecule has 1 aromatic rings.